The first-order valence-electron chi connectivity index (χ1n) is 7.72. The lowest BCUT2D eigenvalue weighted by Gasteiger charge is -2.17. The quantitative estimate of drug-likeness (QED) is 0.765. The van der Waals surface area contributed by atoms with Gasteiger partial charge in [-0.2, -0.15) is 0 Å². The number of nitrogens with one attached hydrogen (secondary N) is 1. The summed E-state index contributed by atoms with van der Waals surface area (Å²) in [5.74, 6) is 0.00306. The average molecular weight is 274 g/mol. The van der Waals surface area contributed by atoms with Crippen LogP contribution in [-0.4, -0.2) is 18.5 Å². The maximum Gasteiger partial charge on any atom is 0.236 e. The summed E-state index contributed by atoms with van der Waals surface area (Å²) < 4.78 is 0. The Morgan fingerprint density at radius 2 is 2.05 bits per heavy atom. The Hall–Kier alpha value is -1.35. The van der Waals surface area contributed by atoms with E-state index in [1.807, 2.05) is 18.2 Å². The van der Waals surface area contributed by atoms with E-state index < -0.39 is 6.04 Å². The van der Waals surface area contributed by atoms with Crippen LogP contribution in [0.5, 0.6) is 0 Å². The molecule has 1 saturated carbocycles. The van der Waals surface area contributed by atoms with Crippen LogP contribution in [0.1, 0.15) is 44.6 Å². The molecule has 0 aliphatic heterocycles. The minimum atomic E-state index is -0.396. The summed E-state index contributed by atoms with van der Waals surface area (Å²) >= 11 is 0. The second kappa shape index (κ2) is 6.89. The Bertz CT molecular complexity index is 426. The molecule has 0 bridgehead atoms. The lowest BCUT2D eigenvalue weighted by molar-refractivity contribution is -0.122. The molecule has 1 aromatic rings. The van der Waals surface area contributed by atoms with Crippen LogP contribution >= 0.6 is 0 Å². The summed E-state index contributed by atoms with van der Waals surface area (Å²) in [5, 5.41) is 3.04. The average Bonchev–Trinajstić information content (AvgIpc) is 3.24. The van der Waals surface area contributed by atoms with Crippen LogP contribution in [0.4, 0.5) is 0 Å². The number of hydrogen-bond acceptors (Lipinski definition) is 2. The van der Waals surface area contributed by atoms with Gasteiger partial charge in [0.2, 0.25) is 5.91 Å². The summed E-state index contributed by atoms with van der Waals surface area (Å²) in [7, 11) is 0. The van der Waals surface area contributed by atoms with Gasteiger partial charge in [-0.05, 0) is 43.1 Å². The number of rotatable bonds is 8. The predicted molar refractivity (Wildman–Crippen MR) is 82.3 cm³/mol. The van der Waals surface area contributed by atoms with Crippen LogP contribution in [0.25, 0.3) is 0 Å². The summed E-state index contributed by atoms with van der Waals surface area (Å²) in [4.78, 5) is 12.0. The van der Waals surface area contributed by atoms with Crippen molar-refractivity contribution >= 4 is 5.91 Å². The Labute approximate surface area is 121 Å². The van der Waals surface area contributed by atoms with Crippen molar-refractivity contribution in [1.82, 2.24) is 5.32 Å². The predicted octanol–water partition coefficient (Wildman–Crippen LogP) is 2.64. The molecule has 1 aromatic carbocycles. The van der Waals surface area contributed by atoms with E-state index in [4.69, 9.17) is 5.73 Å². The van der Waals surface area contributed by atoms with E-state index in [1.54, 1.807) is 0 Å². The summed E-state index contributed by atoms with van der Waals surface area (Å²) in [6.45, 7) is 3.01. The number of hydrogen-bond donors (Lipinski definition) is 2. The topological polar surface area (TPSA) is 55.1 Å². The van der Waals surface area contributed by atoms with Crippen LogP contribution in [0.2, 0.25) is 0 Å². The van der Waals surface area contributed by atoms with E-state index >= 15 is 0 Å². The molecule has 1 fully saturated rings. The van der Waals surface area contributed by atoms with Gasteiger partial charge in [-0.3, -0.25) is 4.79 Å². The third-order valence-electron chi connectivity index (χ3n) is 4.30. The number of nitrogens with two attached hydrogens (primary N) is 1. The van der Waals surface area contributed by atoms with Gasteiger partial charge in [0, 0.05) is 6.54 Å². The van der Waals surface area contributed by atoms with Crippen molar-refractivity contribution in [2.45, 2.75) is 51.5 Å². The molecular weight excluding hydrogens is 248 g/mol. The summed E-state index contributed by atoms with van der Waals surface area (Å²) in [5.41, 5.74) is 7.61. The second-order valence-electron chi connectivity index (χ2n) is 6.10. The van der Waals surface area contributed by atoms with Crippen LogP contribution in [0.15, 0.2) is 30.3 Å². The van der Waals surface area contributed by atoms with Crippen molar-refractivity contribution in [1.29, 1.82) is 0 Å². The van der Waals surface area contributed by atoms with Crippen molar-refractivity contribution < 1.29 is 4.79 Å². The third kappa shape index (κ3) is 4.34. The molecule has 1 aliphatic carbocycles. The van der Waals surface area contributed by atoms with Gasteiger partial charge in [-0.15, -0.1) is 0 Å². The molecule has 1 aliphatic rings. The molecule has 1 atom stereocenters. The lowest BCUT2D eigenvalue weighted by atomic mass is 10.0. The van der Waals surface area contributed by atoms with E-state index in [1.165, 1.54) is 31.2 Å². The maximum absolute atomic E-state index is 12.0. The third-order valence-corrected chi connectivity index (χ3v) is 4.30. The molecule has 3 N–H and O–H groups in total. The number of amides is 1. The fourth-order valence-electron chi connectivity index (χ4n) is 2.73. The molecule has 0 radical (unpaired) electrons. The Balaban J connectivity index is 1.70. The maximum atomic E-state index is 12.0. The van der Waals surface area contributed by atoms with Crippen molar-refractivity contribution in [2.75, 3.05) is 6.54 Å². The molecule has 20 heavy (non-hydrogen) atoms. The second-order valence-corrected chi connectivity index (χ2v) is 6.10. The van der Waals surface area contributed by atoms with Crippen molar-refractivity contribution in [3.05, 3.63) is 35.9 Å². The van der Waals surface area contributed by atoms with E-state index in [2.05, 4.69) is 24.4 Å². The van der Waals surface area contributed by atoms with Gasteiger partial charge >= 0.3 is 0 Å². The van der Waals surface area contributed by atoms with Gasteiger partial charge in [0.05, 0.1) is 6.04 Å². The molecule has 2 rings (SSSR count). The molecule has 0 spiro atoms. The fraction of sp³-hybridized carbons (Fsp3) is 0.588. The summed E-state index contributed by atoms with van der Waals surface area (Å²) in [6.07, 6.45) is 6.47. The monoisotopic (exact) mass is 274 g/mol. The number of aryl methyl sites for hydroxylation is 1. The molecule has 0 aromatic heterocycles. The van der Waals surface area contributed by atoms with E-state index in [9.17, 15) is 4.79 Å². The minimum absolute atomic E-state index is 0.00306. The van der Waals surface area contributed by atoms with E-state index in [0.29, 0.717) is 11.8 Å². The zero-order chi connectivity index (χ0) is 14.4. The van der Waals surface area contributed by atoms with E-state index in [-0.39, 0.29) is 5.91 Å². The van der Waals surface area contributed by atoms with Gasteiger partial charge in [0.1, 0.15) is 0 Å². The zero-order valence-corrected chi connectivity index (χ0v) is 12.4. The SMILES string of the molecule is CCCC1(CNC(=O)[C@@H](N)CCc2ccccc2)CC1. The van der Waals surface area contributed by atoms with Crippen LogP contribution in [-0.2, 0) is 11.2 Å². The first-order valence-corrected chi connectivity index (χ1v) is 7.72. The number of carbonyl (C=O) groups excluding carboxylic acids is 1. The van der Waals surface area contributed by atoms with Gasteiger partial charge in [0.15, 0.2) is 0 Å². The molecule has 1 amide bonds. The fourth-order valence-corrected chi connectivity index (χ4v) is 2.73. The summed E-state index contributed by atoms with van der Waals surface area (Å²) in [6, 6.07) is 9.78. The molecular formula is C17H26N2O. The highest BCUT2D eigenvalue weighted by Gasteiger charge is 2.41. The number of carbonyl (C=O) groups is 1. The minimum Gasteiger partial charge on any atom is -0.354 e. The van der Waals surface area contributed by atoms with Crippen molar-refractivity contribution in [3.63, 3.8) is 0 Å². The molecule has 3 nitrogen and oxygen atoms in total. The highest BCUT2D eigenvalue weighted by atomic mass is 16.2. The van der Waals surface area contributed by atoms with Gasteiger partial charge < -0.3 is 11.1 Å². The largest absolute Gasteiger partial charge is 0.354 e. The van der Waals surface area contributed by atoms with Crippen LogP contribution in [0.3, 0.4) is 0 Å². The first kappa shape index (κ1) is 15.0. The van der Waals surface area contributed by atoms with Gasteiger partial charge in [0.25, 0.3) is 0 Å². The van der Waals surface area contributed by atoms with Crippen molar-refractivity contribution in [3.8, 4) is 0 Å². The molecule has 110 valence electrons. The van der Waals surface area contributed by atoms with Crippen molar-refractivity contribution in [2.24, 2.45) is 11.1 Å². The molecule has 0 heterocycles. The number of benzene rings is 1. The Kier molecular flexibility index (Phi) is 5.18. The molecule has 0 saturated heterocycles. The van der Waals surface area contributed by atoms with Crippen LogP contribution < -0.4 is 11.1 Å². The lowest BCUT2D eigenvalue weighted by Crippen LogP contribution is -2.43. The first-order chi connectivity index (χ1) is 9.65. The smallest absolute Gasteiger partial charge is 0.236 e. The Morgan fingerprint density at radius 3 is 2.65 bits per heavy atom. The molecule has 3 heteroatoms. The highest BCUT2D eigenvalue weighted by molar-refractivity contribution is 5.81. The highest BCUT2D eigenvalue weighted by Crippen LogP contribution is 2.48. The van der Waals surface area contributed by atoms with Crippen LogP contribution in [0, 0.1) is 5.41 Å². The molecule has 0 unspecified atom stereocenters. The van der Waals surface area contributed by atoms with E-state index in [0.717, 1.165) is 13.0 Å². The van der Waals surface area contributed by atoms with Gasteiger partial charge in [-0.25, -0.2) is 0 Å². The van der Waals surface area contributed by atoms with Gasteiger partial charge in [-0.1, -0.05) is 43.7 Å². The standard InChI is InChI=1S/C17H26N2O/c1-2-10-17(11-12-17)13-19-16(20)15(18)9-8-14-6-4-3-5-7-14/h3-7,15H,2,8-13,18H2,1H3,(H,19,20)/t15-/m0/s1. The Morgan fingerprint density at radius 1 is 1.35 bits per heavy atom. The normalized spacial score (nSPS) is 17.5. The zero-order valence-electron chi connectivity index (χ0n) is 12.4.